The van der Waals surface area contributed by atoms with Crippen molar-refractivity contribution in [2.45, 2.75) is 52.1 Å². The van der Waals surface area contributed by atoms with E-state index in [1.165, 1.54) is 11.9 Å². The summed E-state index contributed by atoms with van der Waals surface area (Å²) in [6.45, 7) is 6.73. The highest BCUT2D eigenvalue weighted by Gasteiger charge is 2.35. The second kappa shape index (κ2) is 8.68. The van der Waals surface area contributed by atoms with Gasteiger partial charge in [0.2, 0.25) is 11.8 Å². The molecule has 0 saturated carbocycles. The third-order valence-corrected chi connectivity index (χ3v) is 4.63. The predicted octanol–water partition coefficient (Wildman–Crippen LogP) is 1.02. The highest BCUT2D eigenvalue weighted by Crippen LogP contribution is 2.22. The molecule has 26 heavy (non-hydrogen) atoms. The molecular formula is C17H28N6O3. The predicted molar refractivity (Wildman–Crippen MR) is 97.8 cm³/mol. The molecule has 1 aromatic rings. The lowest BCUT2D eigenvalue weighted by Gasteiger charge is -2.34. The number of carbonyl (C=O) groups excluding carboxylic acids is 3. The van der Waals surface area contributed by atoms with Crippen LogP contribution in [0.25, 0.3) is 0 Å². The van der Waals surface area contributed by atoms with Crippen molar-refractivity contribution < 1.29 is 14.4 Å². The SMILES string of the molecule is CCC(CC)n1nc(C)cc1NC(=O)N1CCNC(=O)[C@@H]1CC(=O)NC. The van der Waals surface area contributed by atoms with Crippen LogP contribution in [0.1, 0.15) is 44.8 Å². The summed E-state index contributed by atoms with van der Waals surface area (Å²) in [6.07, 6.45) is 1.72. The summed E-state index contributed by atoms with van der Waals surface area (Å²) in [4.78, 5) is 38.1. The Hall–Kier alpha value is -2.58. The van der Waals surface area contributed by atoms with Crippen LogP contribution in [0.15, 0.2) is 6.07 Å². The van der Waals surface area contributed by atoms with Gasteiger partial charge >= 0.3 is 6.03 Å². The highest BCUT2D eigenvalue weighted by molar-refractivity contribution is 5.96. The summed E-state index contributed by atoms with van der Waals surface area (Å²) in [5.41, 5.74) is 0.811. The Balaban J connectivity index is 2.20. The van der Waals surface area contributed by atoms with Gasteiger partial charge in [-0.25, -0.2) is 9.48 Å². The van der Waals surface area contributed by atoms with Crippen molar-refractivity contribution in [1.29, 1.82) is 0 Å². The minimum Gasteiger partial charge on any atom is -0.359 e. The van der Waals surface area contributed by atoms with Crippen molar-refractivity contribution in [1.82, 2.24) is 25.3 Å². The molecule has 1 aliphatic rings. The third kappa shape index (κ3) is 4.33. The summed E-state index contributed by atoms with van der Waals surface area (Å²) in [5, 5.41) is 12.6. The maximum Gasteiger partial charge on any atom is 0.323 e. The van der Waals surface area contributed by atoms with Gasteiger partial charge in [0.25, 0.3) is 0 Å². The molecule has 0 spiro atoms. The maximum absolute atomic E-state index is 12.8. The zero-order chi connectivity index (χ0) is 19.3. The average molecular weight is 364 g/mol. The molecule has 9 heteroatoms. The fourth-order valence-electron chi connectivity index (χ4n) is 3.14. The molecule has 4 amide bonds. The highest BCUT2D eigenvalue weighted by atomic mass is 16.2. The molecule has 0 aliphatic carbocycles. The number of piperazine rings is 1. The van der Waals surface area contributed by atoms with Gasteiger partial charge in [-0.05, 0) is 19.8 Å². The number of hydrogen-bond donors (Lipinski definition) is 3. The Labute approximate surface area is 153 Å². The summed E-state index contributed by atoms with van der Waals surface area (Å²) < 4.78 is 1.82. The molecule has 144 valence electrons. The van der Waals surface area contributed by atoms with Crippen molar-refractivity contribution in [2.75, 3.05) is 25.5 Å². The number of hydrogen-bond acceptors (Lipinski definition) is 4. The van der Waals surface area contributed by atoms with Gasteiger partial charge < -0.3 is 15.5 Å². The third-order valence-electron chi connectivity index (χ3n) is 4.63. The van der Waals surface area contributed by atoms with E-state index < -0.39 is 12.1 Å². The van der Waals surface area contributed by atoms with E-state index in [1.54, 1.807) is 0 Å². The smallest absolute Gasteiger partial charge is 0.323 e. The zero-order valence-corrected chi connectivity index (χ0v) is 15.8. The van der Waals surface area contributed by atoms with E-state index in [0.717, 1.165) is 18.5 Å². The molecule has 0 unspecified atom stereocenters. The number of urea groups is 1. The number of carbonyl (C=O) groups is 3. The summed E-state index contributed by atoms with van der Waals surface area (Å²) in [7, 11) is 1.50. The normalized spacial score (nSPS) is 17.2. The van der Waals surface area contributed by atoms with E-state index in [0.29, 0.717) is 18.9 Å². The minimum absolute atomic E-state index is 0.0689. The van der Waals surface area contributed by atoms with E-state index in [-0.39, 0.29) is 24.3 Å². The average Bonchev–Trinajstić information content (AvgIpc) is 2.97. The zero-order valence-electron chi connectivity index (χ0n) is 15.8. The largest absolute Gasteiger partial charge is 0.359 e. The first kappa shape index (κ1) is 19.7. The first-order valence-corrected chi connectivity index (χ1v) is 9.03. The molecule has 2 rings (SSSR count). The molecule has 1 aromatic heterocycles. The molecular weight excluding hydrogens is 336 g/mol. The van der Waals surface area contributed by atoms with E-state index in [9.17, 15) is 14.4 Å². The number of rotatable bonds is 6. The lowest BCUT2D eigenvalue weighted by molar-refractivity contribution is -0.132. The van der Waals surface area contributed by atoms with Gasteiger partial charge in [-0.2, -0.15) is 5.10 Å². The molecule has 0 aromatic carbocycles. The monoisotopic (exact) mass is 364 g/mol. The summed E-state index contributed by atoms with van der Waals surface area (Å²) >= 11 is 0. The van der Waals surface area contributed by atoms with Crippen LogP contribution in [-0.2, 0) is 9.59 Å². The molecule has 3 N–H and O–H groups in total. The maximum atomic E-state index is 12.8. The lowest BCUT2D eigenvalue weighted by atomic mass is 10.1. The van der Waals surface area contributed by atoms with Gasteiger partial charge in [0.1, 0.15) is 11.9 Å². The summed E-state index contributed by atoms with van der Waals surface area (Å²) in [6, 6.07) is 0.772. The quantitative estimate of drug-likeness (QED) is 0.700. The van der Waals surface area contributed by atoms with Gasteiger partial charge in [0.15, 0.2) is 0 Å². The van der Waals surface area contributed by atoms with Gasteiger partial charge in [-0.15, -0.1) is 0 Å². The Morgan fingerprint density at radius 3 is 2.69 bits per heavy atom. The van der Waals surface area contributed by atoms with Crippen molar-refractivity contribution in [2.24, 2.45) is 0 Å². The molecule has 9 nitrogen and oxygen atoms in total. The number of nitrogens with zero attached hydrogens (tertiary/aromatic N) is 3. The number of aryl methyl sites for hydroxylation is 1. The van der Waals surface area contributed by atoms with E-state index in [4.69, 9.17) is 0 Å². The van der Waals surface area contributed by atoms with Gasteiger partial charge in [-0.3, -0.25) is 14.9 Å². The Bertz CT molecular complexity index is 667. The van der Waals surface area contributed by atoms with Crippen molar-refractivity contribution in [3.63, 3.8) is 0 Å². The van der Waals surface area contributed by atoms with Crippen LogP contribution in [0.2, 0.25) is 0 Å². The molecule has 0 radical (unpaired) electrons. The second-order valence-corrected chi connectivity index (χ2v) is 6.39. The van der Waals surface area contributed by atoms with Gasteiger partial charge in [0.05, 0.1) is 18.2 Å². The minimum atomic E-state index is -0.825. The van der Waals surface area contributed by atoms with Crippen LogP contribution < -0.4 is 16.0 Å². The number of anilines is 1. The van der Waals surface area contributed by atoms with Crippen LogP contribution >= 0.6 is 0 Å². The topological polar surface area (TPSA) is 108 Å². The van der Waals surface area contributed by atoms with Crippen LogP contribution in [-0.4, -0.2) is 58.7 Å². The van der Waals surface area contributed by atoms with Crippen LogP contribution in [0.3, 0.4) is 0 Å². The van der Waals surface area contributed by atoms with Crippen molar-refractivity contribution in [3.05, 3.63) is 11.8 Å². The molecule has 1 fully saturated rings. The number of aromatic nitrogens is 2. The van der Waals surface area contributed by atoms with E-state index in [1.807, 2.05) is 17.7 Å². The summed E-state index contributed by atoms with van der Waals surface area (Å²) in [5.74, 6) is -0.00618. The molecule has 1 saturated heterocycles. The van der Waals surface area contributed by atoms with Gasteiger partial charge in [-0.1, -0.05) is 13.8 Å². The van der Waals surface area contributed by atoms with Crippen LogP contribution in [0.4, 0.5) is 10.6 Å². The molecule has 2 heterocycles. The second-order valence-electron chi connectivity index (χ2n) is 6.39. The first-order valence-electron chi connectivity index (χ1n) is 9.03. The standard InChI is InChI=1S/C17H28N6O3/c1-5-12(6-2)23-14(9-11(3)21-23)20-17(26)22-8-7-19-16(25)13(22)10-15(24)18-4/h9,12-13H,5-8,10H2,1-4H3,(H,18,24)(H,19,25)(H,20,26)/t13-/m0/s1. The lowest BCUT2D eigenvalue weighted by Crippen LogP contribution is -2.59. The Morgan fingerprint density at radius 2 is 2.08 bits per heavy atom. The molecule has 1 aliphatic heterocycles. The van der Waals surface area contributed by atoms with Crippen molar-refractivity contribution in [3.8, 4) is 0 Å². The Morgan fingerprint density at radius 1 is 1.38 bits per heavy atom. The fraction of sp³-hybridized carbons (Fsp3) is 0.647. The molecule has 1 atom stereocenters. The van der Waals surface area contributed by atoms with Crippen molar-refractivity contribution >= 4 is 23.7 Å². The molecule has 0 bridgehead atoms. The van der Waals surface area contributed by atoms with Gasteiger partial charge in [0, 0.05) is 26.2 Å². The first-order chi connectivity index (χ1) is 12.4. The van der Waals surface area contributed by atoms with E-state index in [2.05, 4.69) is 34.9 Å². The van der Waals surface area contributed by atoms with Crippen LogP contribution in [0, 0.1) is 6.92 Å². The number of amides is 4. The fourth-order valence-corrected chi connectivity index (χ4v) is 3.14. The van der Waals surface area contributed by atoms with E-state index >= 15 is 0 Å². The van der Waals surface area contributed by atoms with Crippen LogP contribution in [0.5, 0.6) is 0 Å². The number of nitrogens with one attached hydrogen (secondary N) is 3. The Kier molecular flexibility index (Phi) is 6.59.